The summed E-state index contributed by atoms with van der Waals surface area (Å²) < 4.78 is 4.99. The number of amides is 1. The topological polar surface area (TPSA) is 76.7 Å². The lowest BCUT2D eigenvalue weighted by Crippen LogP contribution is -2.26. The van der Waals surface area contributed by atoms with E-state index in [0.717, 1.165) is 17.3 Å². The number of aliphatic imine (C=N–C) groups is 1. The van der Waals surface area contributed by atoms with Crippen LogP contribution >= 0.6 is 11.8 Å². The normalized spacial score (nSPS) is 23.0. The van der Waals surface area contributed by atoms with Crippen molar-refractivity contribution in [2.45, 2.75) is 19.4 Å². The third-order valence-corrected chi connectivity index (χ3v) is 3.07. The van der Waals surface area contributed by atoms with E-state index in [2.05, 4.69) is 17.2 Å². The number of nitrogens with one attached hydrogen (secondary N) is 1. The molecule has 0 spiro atoms. The predicted molar refractivity (Wildman–Crippen MR) is 62.0 cm³/mol. The lowest BCUT2D eigenvalue weighted by Gasteiger charge is -2.04. The largest absolute Gasteiger partial charge is 0.370 e. The third-order valence-electron chi connectivity index (χ3n) is 1.98. The van der Waals surface area contributed by atoms with Crippen molar-refractivity contribution in [2.24, 2.45) is 10.7 Å². The summed E-state index contributed by atoms with van der Waals surface area (Å²) >= 11 is 1.73. The number of hydrogen-bond donors (Lipinski definition) is 2. The van der Waals surface area contributed by atoms with Crippen molar-refractivity contribution in [3.05, 3.63) is 0 Å². The zero-order valence-corrected chi connectivity index (χ0v) is 9.68. The molecule has 86 valence electrons. The van der Waals surface area contributed by atoms with E-state index < -0.39 is 5.91 Å². The number of carbonyl (C=O) groups excluding carboxylic acids is 1. The standard InChI is InChI=1S/C9H17N3O2S/c1-2-7-6-15-9(12-7)11-3-4-14-5-8(10)13/h7H,2-6H2,1H3,(H2,10,13)(H,11,12). The summed E-state index contributed by atoms with van der Waals surface area (Å²) in [4.78, 5) is 14.7. The average Bonchev–Trinajstić information content (AvgIpc) is 2.65. The summed E-state index contributed by atoms with van der Waals surface area (Å²) in [5.74, 6) is 0.638. The first-order valence-corrected chi connectivity index (χ1v) is 6.00. The summed E-state index contributed by atoms with van der Waals surface area (Å²) in [7, 11) is 0. The molecular weight excluding hydrogens is 214 g/mol. The Kier molecular flexibility index (Phi) is 5.49. The molecule has 5 nitrogen and oxygen atoms in total. The molecule has 0 aromatic carbocycles. The van der Waals surface area contributed by atoms with E-state index in [9.17, 15) is 4.79 Å². The van der Waals surface area contributed by atoms with Gasteiger partial charge in [0.05, 0.1) is 13.2 Å². The number of amidine groups is 1. The van der Waals surface area contributed by atoms with Crippen LogP contribution in [0.15, 0.2) is 4.99 Å². The molecule has 1 atom stereocenters. The van der Waals surface area contributed by atoms with Gasteiger partial charge in [-0.3, -0.25) is 9.79 Å². The van der Waals surface area contributed by atoms with E-state index in [1.54, 1.807) is 11.8 Å². The third kappa shape index (κ3) is 5.03. The number of primary amides is 1. The smallest absolute Gasteiger partial charge is 0.243 e. The van der Waals surface area contributed by atoms with E-state index in [-0.39, 0.29) is 6.61 Å². The van der Waals surface area contributed by atoms with Gasteiger partial charge in [-0.05, 0) is 6.42 Å². The monoisotopic (exact) mass is 231 g/mol. The number of ether oxygens (including phenoxy) is 1. The maximum Gasteiger partial charge on any atom is 0.243 e. The quantitative estimate of drug-likeness (QED) is 0.629. The van der Waals surface area contributed by atoms with Gasteiger partial charge in [-0.15, -0.1) is 0 Å². The van der Waals surface area contributed by atoms with Crippen LogP contribution in [-0.4, -0.2) is 42.6 Å². The molecule has 15 heavy (non-hydrogen) atoms. The van der Waals surface area contributed by atoms with Crippen LogP contribution in [0.4, 0.5) is 0 Å². The fraction of sp³-hybridized carbons (Fsp3) is 0.778. The summed E-state index contributed by atoms with van der Waals surface area (Å²) in [6.45, 7) is 3.13. The highest BCUT2D eigenvalue weighted by Crippen LogP contribution is 2.15. The van der Waals surface area contributed by atoms with Gasteiger partial charge in [-0.2, -0.15) is 0 Å². The molecule has 0 aliphatic carbocycles. The minimum atomic E-state index is -0.443. The highest BCUT2D eigenvalue weighted by atomic mass is 32.2. The van der Waals surface area contributed by atoms with Gasteiger partial charge in [0.25, 0.3) is 0 Å². The zero-order valence-electron chi connectivity index (χ0n) is 8.86. The number of rotatable bonds is 6. The SMILES string of the molecule is CCC1CSC(=NCCOCC(N)=O)N1. The molecule has 1 aliphatic rings. The molecule has 0 aromatic heterocycles. The molecule has 1 amide bonds. The number of nitrogens with zero attached hydrogens (tertiary/aromatic N) is 1. The van der Waals surface area contributed by atoms with E-state index in [0.29, 0.717) is 19.2 Å². The molecule has 3 N–H and O–H groups in total. The van der Waals surface area contributed by atoms with Crippen LogP contribution in [0.2, 0.25) is 0 Å². The van der Waals surface area contributed by atoms with Crippen molar-refractivity contribution in [3.8, 4) is 0 Å². The van der Waals surface area contributed by atoms with Crippen LogP contribution in [0.5, 0.6) is 0 Å². The highest BCUT2D eigenvalue weighted by Gasteiger charge is 2.17. The molecule has 1 rings (SSSR count). The second kappa shape index (κ2) is 6.68. The Labute approximate surface area is 93.8 Å². The van der Waals surface area contributed by atoms with E-state index in [4.69, 9.17) is 10.5 Å². The lowest BCUT2D eigenvalue weighted by molar-refractivity contribution is -0.122. The Morgan fingerprint density at radius 3 is 3.20 bits per heavy atom. The Bertz CT molecular complexity index is 246. The van der Waals surface area contributed by atoms with Crippen LogP contribution in [-0.2, 0) is 9.53 Å². The molecule has 1 aliphatic heterocycles. The van der Waals surface area contributed by atoms with Crippen molar-refractivity contribution in [2.75, 3.05) is 25.5 Å². The Morgan fingerprint density at radius 2 is 2.60 bits per heavy atom. The van der Waals surface area contributed by atoms with Gasteiger partial charge < -0.3 is 15.8 Å². The van der Waals surface area contributed by atoms with E-state index in [1.165, 1.54) is 0 Å². The molecule has 1 saturated heterocycles. The Morgan fingerprint density at radius 1 is 1.80 bits per heavy atom. The molecule has 0 saturated carbocycles. The maximum absolute atomic E-state index is 10.3. The van der Waals surface area contributed by atoms with Gasteiger partial charge in [0.1, 0.15) is 6.61 Å². The van der Waals surface area contributed by atoms with Crippen molar-refractivity contribution >= 4 is 22.8 Å². The number of thioether (sulfide) groups is 1. The van der Waals surface area contributed by atoms with Crippen LogP contribution in [0.1, 0.15) is 13.3 Å². The first kappa shape index (κ1) is 12.3. The van der Waals surface area contributed by atoms with Crippen LogP contribution in [0, 0.1) is 0 Å². The van der Waals surface area contributed by atoms with Crippen molar-refractivity contribution in [1.29, 1.82) is 0 Å². The second-order valence-corrected chi connectivity index (χ2v) is 4.27. The van der Waals surface area contributed by atoms with Gasteiger partial charge in [0, 0.05) is 11.8 Å². The second-order valence-electron chi connectivity index (χ2n) is 3.27. The summed E-state index contributed by atoms with van der Waals surface area (Å²) in [6, 6.07) is 0.542. The van der Waals surface area contributed by atoms with Crippen molar-refractivity contribution in [3.63, 3.8) is 0 Å². The number of carbonyl (C=O) groups is 1. The zero-order chi connectivity index (χ0) is 11.1. The van der Waals surface area contributed by atoms with Crippen LogP contribution in [0.3, 0.4) is 0 Å². The fourth-order valence-electron chi connectivity index (χ4n) is 1.13. The molecule has 1 unspecified atom stereocenters. The van der Waals surface area contributed by atoms with Gasteiger partial charge in [0.2, 0.25) is 5.91 Å². The molecular formula is C9H17N3O2S. The molecule has 1 heterocycles. The fourth-order valence-corrected chi connectivity index (χ4v) is 2.24. The van der Waals surface area contributed by atoms with Gasteiger partial charge in [-0.1, -0.05) is 18.7 Å². The minimum absolute atomic E-state index is 0.0248. The summed E-state index contributed by atoms with van der Waals surface area (Å²) in [5, 5.41) is 4.28. The van der Waals surface area contributed by atoms with Gasteiger partial charge >= 0.3 is 0 Å². The van der Waals surface area contributed by atoms with E-state index >= 15 is 0 Å². The molecule has 0 aromatic rings. The minimum Gasteiger partial charge on any atom is -0.370 e. The van der Waals surface area contributed by atoms with Crippen LogP contribution < -0.4 is 11.1 Å². The summed E-state index contributed by atoms with van der Waals surface area (Å²) in [6.07, 6.45) is 1.12. The molecule has 1 fully saturated rings. The first-order chi connectivity index (χ1) is 7.22. The summed E-state index contributed by atoms with van der Waals surface area (Å²) in [5.41, 5.74) is 4.92. The Hall–Kier alpha value is -0.750. The maximum atomic E-state index is 10.3. The Balaban J connectivity index is 2.08. The van der Waals surface area contributed by atoms with Crippen molar-refractivity contribution < 1.29 is 9.53 Å². The van der Waals surface area contributed by atoms with E-state index in [1.807, 2.05) is 0 Å². The predicted octanol–water partition coefficient (Wildman–Crippen LogP) is -0.0407. The number of nitrogens with two attached hydrogens (primary N) is 1. The highest BCUT2D eigenvalue weighted by molar-refractivity contribution is 8.14. The van der Waals surface area contributed by atoms with Crippen molar-refractivity contribution in [1.82, 2.24) is 5.32 Å². The molecule has 0 bridgehead atoms. The number of hydrogen-bond acceptors (Lipinski definition) is 4. The molecule has 0 radical (unpaired) electrons. The molecule has 6 heteroatoms. The van der Waals surface area contributed by atoms with Gasteiger partial charge in [0.15, 0.2) is 5.17 Å². The lowest BCUT2D eigenvalue weighted by atomic mass is 10.3. The van der Waals surface area contributed by atoms with Gasteiger partial charge in [-0.25, -0.2) is 0 Å². The average molecular weight is 231 g/mol. The van der Waals surface area contributed by atoms with Crippen LogP contribution in [0.25, 0.3) is 0 Å². The first-order valence-electron chi connectivity index (χ1n) is 5.02.